The Kier molecular flexibility index (Phi) is 3.97. The van der Waals surface area contributed by atoms with Crippen LogP contribution in [0.15, 0.2) is 35.9 Å². The van der Waals surface area contributed by atoms with Crippen LogP contribution in [0.4, 0.5) is 0 Å². The van der Waals surface area contributed by atoms with E-state index in [0.717, 1.165) is 31.2 Å². The van der Waals surface area contributed by atoms with E-state index in [4.69, 9.17) is 0 Å². The number of carbonyl (C=O) groups is 1. The molecule has 0 heterocycles. The second kappa shape index (κ2) is 5.67. The van der Waals surface area contributed by atoms with Gasteiger partial charge < -0.3 is 9.90 Å². The van der Waals surface area contributed by atoms with Crippen molar-refractivity contribution in [1.82, 2.24) is 0 Å². The summed E-state index contributed by atoms with van der Waals surface area (Å²) in [4.78, 5) is 11.2. The van der Waals surface area contributed by atoms with Gasteiger partial charge in [-0.1, -0.05) is 49.6 Å². The highest BCUT2D eigenvalue weighted by molar-refractivity contribution is 5.91. The number of rotatable bonds is 3. The monoisotopic (exact) mass is 229 g/mol. The predicted octanol–water partition coefficient (Wildman–Crippen LogP) is 2.40. The molecule has 0 aliphatic heterocycles. The topological polar surface area (TPSA) is 40.1 Å². The van der Waals surface area contributed by atoms with Crippen LogP contribution in [0.1, 0.15) is 37.7 Å². The van der Waals surface area contributed by atoms with Crippen LogP contribution >= 0.6 is 0 Å². The van der Waals surface area contributed by atoms with Gasteiger partial charge in [0.1, 0.15) is 0 Å². The third-order valence-corrected chi connectivity index (χ3v) is 3.40. The van der Waals surface area contributed by atoms with Gasteiger partial charge in [-0.25, -0.2) is 0 Å². The lowest BCUT2D eigenvalue weighted by Crippen LogP contribution is -2.29. The van der Waals surface area contributed by atoms with Gasteiger partial charge >= 0.3 is 0 Å². The Hall–Kier alpha value is -1.57. The molecule has 2 nitrogen and oxygen atoms in total. The van der Waals surface area contributed by atoms with Gasteiger partial charge in [0.2, 0.25) is 0 Å². The van der Waals surface area contributed by atoms with Crippen molar-refractivity contribution in [3.63, 3.8) is 0 Å². The molecule has 90 valence electrons. The van der Waals surface area contributed by atoms with E-state index in [9.17, 15) is 9.90 Å². The predicted molar refractivity (Wildman–Crippen MR) is 66.0 cm³/mol. The molecule has 1 saturated carbocycles. The zero-order chi connectivity index (χ0) is 12.1. The van der Waals surface area contributed by atoms with E-state index in [0.29, 0.717) is 5.57 Å². The van der Waals surface area contributed by atoms with Gasteiger partial charge in [0, 0.05) is 0 Å². The maximum atomic E-state index is 11.2. The van der Waals surface area contributed by atoms with E-state index in [1.807, 2.05) is 30.3 Å². The lowest BCUT2D eigenvalue weighted by atomic mass is 9.83. The minimum absolute atomic E-state index is 0.175. The Labute approximate surface area is 102 Å². The number of benzene rings is 1. The van der Waals surface area contributed by atoms with E-state index in [1.54, 1.807) is 6.08 Å². The van der Waals surface area contributed by atoms with Crippen LogP contribution < -0.4 is 5.11 Å². The van der Waals surface area contributed by atoms with Gasteiger partial charge in [0.05, 0.1) is 5.97 Å². The smallest absolute Gasteiger partial charge is 0.0677 e. The number of hydrogen-bond donors (Lipinski definition) is 0. The van der Waals surface area contributed by atoms with Crippen molar-refractivity contribution in [2.45, 2.75) is 32.1 Å². The highest BCUT2D eigenvalue weighted by Crippen LogP contribution is 2.30. The second-order valence-electron chi connectivity index (χ2n) is 4.63. The van der Waals surface area contributed by atoms with E-state index >= 15 is 0 Å². The summed E-state index contributed by atoms with van der Waals surface area (Å²) < 4.78 is 0. The molecule has 0 radical (unpaired) electrons. The fraction of sp³-hybridized carbons (Fsp3) is 0.400. The summed E-state index contributed by atoms with van der Waals surface area (Å²) in [6.45, 7) is 0. The average molecular weight is 229 g/mol. The van der Waals surface area contributed by atoms with E-state index < -0.39 is 5.97 Å². The average Bonchev–Trinajstić information content (AvgIpc) is 2.38. The Morgan fingerprint density at radius 1 is 1.12 bits per heavy atom. The van der Waals surface area contributed by atoms with Crippen molar-refractivity contribution in [1.29, 1.82) is 0 Å². The molecule has 0 N–H and O–H groups in total. The molecule has 2 rings (SSSR count). The molecule has 2 heteroatoms. The molecule has 1 aromatic carbocycles. The fourth-order valence-corrected chi connectivity index (χ4v) is 2.49. The maximum Gasteiger partial charge on any atom is 0.0677 e. The van der Waals surface area contributed by atoms with E-state index in [-0.39, 0.29) is 5.92 Å². The maximum absolute atomic E-state index is 11.2. The van der Waals surface area contributed by atoms with Crippen molar-refractivity contribution in [2.75, 3.05) is 0 Å². The van der Waals surface area contributed by atoms with Crippen molar-refractivity contribution in [2.24, 2.45) is 5.92 Å². The summed E-state index contributed by atoms with van der Waals surface area (Å²) in [5.41, 5.74) is 1.41. The SMILES string of the molecule is O=C([O-])/C(=C/c1ccccc1)C1CCCCC1. The molecule has 1 aromatic rings. The van der Waals surface area contributed by atoms with Gasteiger partial charge in [-0.05, 0) is 36.0 Å². The molecule has 0 aromatic heterocycles. The van der Waals surface area contributed by atoms with Gasteiger partial charge in [0.25, 0.3) is 0 Å². The van der Waals surface area contributed by atoms with Gasteiger partial charge in [0.15, 0.2) is 0 Å². The Morgan fingerprint density at radius 2 is 1.76 bits per heavy atom. The summed E-state index contributed by atoms with van der Waals surface area (Å²) in [7, 11) is 0. The highest BCUT2D eigenvalue weighted by atomic mass is 16.4. The standard InChI is InChI=1S/C15H18O2/c16-15(17)14(13-9-5-2-6-10-13)11-12-7-3-1-4-8-12/h1,3-4,7-8,11,13H,2,5-6,9-10H2,(H,16,17)/p-1/b14-11+. The van der Waals surface area contributed by atoms with Crippen molar-refractivity contribution in [3.05, 3.63) is 41.5 Å². The number of hydrogen-bond acceptors (Lipinski definition) is 2. The molecule has 17 heavy (non-hydrogen) atoms. The van der Waals surface area contributed by atoms with E-state index in [2.05, 4.69) is 0 Å². The minimum Gasteiger partial charge on any atom is -0.545 e. The molecule has 0 spiro atoms. The summed E-state index contributed by atoms with van der Waals surface area (Å²) in [5, 5.41) is 11.2. The molecule has 0 bridgehead atoms. The molecule has 0 amide bonds. The van der Waals surface area contributed by atoms with Gasteiger partial charge in [-0.3, -0.25) is 0 Å². The first-order valence-electron chi connectivity index (χ1n) is 6.25. The number of aliphatic carboxylic acids is 1. The van der Waals surface area contributed by atoms with Gasteiger partial charge in [-0.15, -0.1) is 0 Å². The zero-order valence-electron chi connectivity index (χ0n) is 9.89. The highest BCUT2D eigenvalue weighted by Gasteiger charge is 2.18. The van der Waals surface area contributed by atoms with Crippen LogP contribution in [0.3, 0.4) is 0 Å². The first-order chi connectivity index (χ1) is 8.27. The molecule has 1 aliphatic carbocycles. The molecule has 0 atom stereocenters. The summed E-state index contributed by atoms with van der Waals surface area (Å²) in [6, 6.07) is 9.60. The third-order valence-electron chi connectivity index (χ3n) is 3.40. The number of carboxylic acid groups (broad SMARTS) is 1. The summed E-state index contributed by atoms with van der Waals surface area (Å²) in [5.74, 6) is -0.838. The summed E-state index contributed by atoms with van der Waals surface area (Å²) >= 11 is 0. The van der Waals surface area contributed by atoms with Crippen LogP contribution in [0, 0.1) is 5.92 Å². The molecule has 0 saturated heterocycles. The van der Waals surface area contributed by atoms with Crippen LogP contribution in [0.2, 0.25) is 0 Å². The van der Waals surface area contributed by atoms with Crippen LogP contribution in [0.5, 0.6) is 0 Å². The Balaban J connectivity index is 2.22. The number of carboxylic acids is 1. The summed E-state index contributed by atoms with van der Waals surface area (Å²) in [6.07, 6.45) is 7.21. The lowest BCUT2D eigenvalue weighted by molar-refractivity contribution is -0.299. The van der Waals surface area contributed by atoms with Crippen molar-refractivity contribution in [3.8, 4) is 0 Å². The second-order valence-corrected chi connectivity index (χ2v) is 4.63. The normalized spacial score (nSPS) is 18.0. The first kappa shape index (κ1) is 11.9. The Bertz CT molecular complexity index is 400. The quantitative estimate of drug-likeness (QED) is 0.747. The van der Waals surface area contributed by atoms with Gasteiger partial charge in [-0.2, -0.15) is 0 Å². The number of carbonyl (C=O) groups excluding carboxylic acids is 1. The minimum atomic E-state index is -1.01. The Morgan fingerprint density at radius 3 is 2.35 bits per heavy atom. The van der Waals surface area contributed by atoms with Crippen LogP contribution in [0.25, 0.3) is 6.08 Å². The van der Waals surface area contributed by atoms with Crippen molar-refractivity contribution >= 4 is 12.0 Å². The van der Waals surface area contributed by atoms with Crippen molar-refractivity contribution < 1.29 is 9.90 Å². The fourth-order valence-electron chi connectivity index (χ4n) is 2.49. The van der Waals surface area contributed by atoms with Crippen LogP contribution in [-0.2, 0) is 4.79 Å². The third kappa shape index (κ3) is 3.19. The molecule has 1 aliphatic rings. The molecular formula is C15H17O2-. The molecule has 1 fully saturated rings. The first-order valence-corrected chi connectivity index (χ1v) is 6.25. The zero-order valence-corrected chi connectivity index (χ0v) is 9.89. The molecule has 0 unspecified atom stereocenters. The van der Waals surface area contributed by atoms with Crippen LogP contribution in [-0.4, -0.2) is 5.97 Å². The lowest BCUT2D eigenvalue weighted by Gasteiger charge is -2.25. The van der Waals surface area contributed by atoms with E-state index in [1.165, 1.54) is 6.42 Å². The largest absolute Gasteiger partial charge is 0.545 e. The molecular weight excluding hydrogens is 212 g/mol.